The maximum atomic E-state index is 12.8. The minimum absolute atomic E-state index is 0.143. The van der Waals surface area contributed by atoms with Crippen LogP contribution in [0.3, 0.4) is 0 Å². The molecule has 1 aliphatic rings. The smallest absolute Gasteiger partial charge is 0.323 e. The fourth-order valence-electron chi connectivity index (χ4n) is 3.56. The molecule has 0 spiro atoms. The number of amides is 3. The van der Waals surface area contributed by atoms with E-state index in [1.807, 2.05) is 43.3 Å². The number of anilines is 3. The summed E-state index contributed by atoms with van der Waals surface area (Å²) in [5.74, 6) is -0.143. The number of rotatable bonds is 8. The molecule has 1 fully saturated rings. The quantitative estimate of drug-likeness (QED) is 0.575. The summed E-state index contributed by atoms with van der Waals surface area (Å²) in [5.41, 5.74) is 3.83. The van der Waals surface area contributed by atoms with Crippen molar-refractivity contribution in [2.24, 2.45) is 0 Å². The first-order valence-electron chi connectivity index (χ1n) is 10.4. The summed E-state index contributed by atoms with van der Waals surface area (Å²) >= 11 is 0. The third-order valence-electron chi connectivity index (χ3n) is 5.03. The Morgan fingerprint density at radius 1 is 1.03 bits per heavy atom. The number of hydrogen-bond donors (Lipinski definition) is 3. The van der Waals surface area contributed by atoms with Crippen LogP contribution in [0, 0.1) is 6.92 Å². The summed E-state index contributed by atoms with van der Waals surface area (Å²) in [5, 5.41) is 8.60. The topological polar surface area (TPSA) is 82.7 Å². The standard InChI is InChI=1S/C23H30N4O3/c1-17-7-5-8-18(15-17)25-23(29)26-19-9-10-21(27-12-3-4-13-27)20(16-19)22(28)24-11-6-14-30-2/h5,7-10,15-16H,3-4,6,11-14H2,1-2H3,(H,24,28)(H2,25,26,29). The molecule has 2 aromatic carbocycles. The van der Waals surface area contributed by atoms with E-state index in [1.54, 1.807) is 13.2 Å². The highest BCUT2D eigenvalue weighted by atomic mass is 16.5. The van der Waals surface area contributed by atoms with Crippen molar-refractivity contribution < 1.29 is 14.3 Å². The lowest BCUT2D eigenvalue weighted by atomic mass is 10.1. The van der Waals surface area contributed by atoms with Gasteiger partial charge in [0.15, 0.2) is 0 Å². The van der Waals surface area contributed by atoms with Crippen molar-refractivity contribution in [3.8, 4) is 0 Å². The Bertz CT molecular complexity index is 879. The van der Waals surface area contributed by atoms with Crippen molar-refractivity contribution in [1.29, 1.82) is 0 Å². The predicted octanol–water partition coefficient (Wildman–Crippen LogP) is 4.01. The van der Waals surface area contributed by atoms with Crippen LogP contribution in [0.25, 0.3) is 0 Å². The Kier molecular flexibility index (Phi) is 7.68. The van der Waals surface area contributed by atoms with Crippen LogP contribution in [0.5, 0.6) is 0 Å². The lowest BCUT2D eigenvalue weighted by molar-refractivity contribution is 0.0949. The molecule has 0 aliphatic carbocycles. The summed E-state index contributed by atoms with van der Waals surface area (Å²) in [6, 6.07) is 12.7. The van der Waals surface area contributed by atoms with E-state index in [1.165, 1.54) is 0 Å². The highest BCUT2D eigenvalue weighted by Gasteiger charge is 2.20. The first-order chi connectivity index (χ1) is 14.6. The van der Waals surface area contributed by atoms with Crippen LogP contribution in [-0.2, 0) is 4.74 Å². The van der Waals surface area contributed by atoms with Gasteiger partial charge in [0, 0.05) is 50.4 Å². The van der Waals surface area contributed by atoms with Gasteiger partial charge in [-0.15, -0.1) is 0 Å². The second-order valence-corrected chi connectivity index (χ2v) is 7.48. The van der Waals surface area contributed by atoms with Gasteiger partial charge in [0.2, 0.25) is 0 Å². The molecule has 0 atom stereocenters. The number of nitrogens with one attached hydrogen (secondary N) is 3. The molecule has 0 unspecified atom stereocenters. The molecule has 1 saturated heterocycles. The van der Waals surface area contributed by atoms with Crippen molar-refractivity contribution in [2.75, 3.05) is 48.9 Å². The molecule has 0 radical (unpaired) electrons. The summed E-state index contributed by atoms with van der Waals surface area (Å²) in [6.07, 6.45) is 2.99. The van der Waals surface area contributed by atoms with Crippen LogP contribution in [0.1, 0.15) is 35.2 Å². The number of carbonyl (C=O) groups is 2. The molecule has 30 heavy (non-hydrogen) atoms. The fraction of sp³-hybridized carbons (Fsp3) is 0.391. The van der Waals surface area contributed by atoms with Crippen molar-refractivity contribution >= 4 is 29.0 Å². The second kappa shape index (κ2) is 10.6. The van der Waals surface area contributed by atoms with E-state index >= 15 is 0 Å². The van der Waals surface area contributed by atoms with Crippen LogP contribution >= 0.6 is 0 Å². The molecule has 160 valence electrons. The Hall–Kier alpha value is -3.06. The molecule has 7 heteroatoms. The van der Waals surface area contributed by atoms with Crippen molar-refractivity contribution in [3.63, 3.8) is 0 Å². The Balaban J connectivity index is 1.73. The summed E-state index contributed by atoms with van der Waals surface area (Å²) < 4.78 is 5.04. The van der Waals surface area contributed by atoms with Crippen molar-refractivity contribution in [1.82, 2.24) is 5.32 Å². The van der Waals surface area contributed by atoms with Gasteiger partial charge < -0.3 is 25.6 Å². The Labute approximate surface area is 177 Å². The number of nitrogens with zero attached hydrogens (tertiary/aromatic N) is 1. The number of aryl methyl sites for hydroxylation is 1. The first kappa shape index (κ1) is 21.6. The van der Waals surface area contributed by atoms with Gasteiger partial charge in [0.1, 0.15) is 0 Å². The van der Waals surface area contributed by atoms with Crippen LogP contribution < -0.4 is 20.9 Å². The largest absolute Gasteiger partial charge is 0.385 e. The average Bonchev–Trinajstić information content (AvgIpc) is 3.25. The van der Waals surface area contributed by atoms with E-state index in [-0.39, 0.29) is 11.9 Å². The molecule has 3 N–H and O–H groups in total. The minimum Gasteiger partial charge on any atom is -0.385 e. The van der Waals surface area contributed by atoms with E-state index in [0.29, 0.717) is 24.4 Å². The molecule has 3 amide bonds. The van der Waals surface area contributed by atoms with Gasteiger partial charge in [-0.1, -0.05) is 12.1 Å². The second-order valence-electron chi connectivity index (χ2n) is 7.48. The van der Waals surface area contributed by atoms with Gasteiger partial charge >= 0.3 is 6.03 Å². The third kappa shape index (κ3) is 5.97. The normalized spacial score (nSPS) is 13.2. The molecule has 7 nitrogen and oxygen atoms in total. The van der Waals surface area contributed by atoms with Crippen LogP contribution in [-0.4, -0.2) is 45.3 Å². The SMILES string of the molecule is COCCCNC(=O)c1cc(NC(=O)Nc2cccc(C)c2)ccc1N1CCCC1. The lowest BCUT2D eigenvalue weighted by Gasteiger charge is -2.22. The van der Waals surface area contributed by atoms with Gasteiger partial charge in [-0.25, -0.2) is 4.79 Å². The van der Waals surface area contributed by atoms with E-state index in [0.717, 1.165) is 49.3 Å². The average molecular weight is 411 g/mol. The number of hydrogen-bond acceptors (Lipinski definition) is 4. The summed E-state index contributed by atoms with van der Waals surface area (Å²) in [6.45, 7) is 4.98. The van der Waals surface area contributed by atoms with E-state index in [2.05, 4.69) is 20.9 Å². The first-order valence-corrected chi connectivity index (χ1v) is 10.4. The zero-order valence-corrected chi connectivity index (χ0v) is 17.7. The molecule has 1 heterocycles. The Morgan fingerprint density at radius 2 is 1.77 bits per heavy atom. The number of benzene rings is 2. The zero-order valence-electron chi connectivity index (χ0n) is 17.7. The van der Waals surface area contributed by atoms with Gasteiger partial charge in [-0.3, -0.25) is 4.79 Å². The maximum Gasteiger partial charge on any atom is 0.323 e. The molecule has 1 aliphatic heterocycles. The molecular weight excluding hydrogens is 380 g/mol. The molecule has 0 bridgehead atoms. The predicted molar refractivity (Wildman–Crippen MR) is 121 cm³/mol. The minimum atomic E-state index is -0.346. The van der Waals surface area contributed by atoms with Gasteiger partial charge in [-0.05, 0) is 62.1 Å². The van der Waals surface area contributed by atoms with E-state index in [4.69, 9.17) is 4.74 Å². The molecule has 0 saturated carbocycles. The fourth-order valence-corrected chi connectivity index (χ4v) is 3.56. The van der Waals surface area contributed by atoms with Crippen molar-refractivity contribution in [2.45, 2.75) is 26.2 Å². The van der Waals surface area contributed by atoms with Gasteiger partial charge in [0.05, 0.1) is 5.56 Å². The highest BCUT2D eigenvalue weighted by Crippen LogP contribution is 2.27. The summed E-state index contributed by atoms with van der Waals surface area (Å²) in [4.78, 5) is 27.5. The van der Waals surface area contributed by atoms with Crippen LogP contribution in [0.15, 0.2) is 42.5 Å². The summed E-state index contributed by atoms with van der Waals surface area (Å²) in [7, 11) is 1.64. The maximum absolute atomic E-state index is 12.8. The van der Waals surface area contributed by atoms with Gasteiger partial charge in [-0.2, -0.15) is 0 Å². The third-order valence-corrected chi connectivity index (χ3v) is 5.03. The lowest BCUT2D eigenvalue weighted by Crippen LogP contribution is -2.29. The Morgan fingerprint density at radius 3 is 2.47 bits per heavy atom. The number of urea groups is 1. The van der Waals surface area contributed by atoms with Crippen molar-refractivity contribution in [3.05, 3.63) is 53.6 Å². The number of methoxy groups -OCH3 is 1. The molecular formula is C23H30N4O3. The van der Waals surface area contributed by atoms with Gasteiger partial charge in [0.25, 0.3) is 5.91 Å². The van der Waals surface area contributed by atoms with Crippen LogP contribution in [0.4, 0.5) is 21.9 Å². The highest BCUT2D eigenvalue weighted by molar-refractivity contribution is 6.04. The molecule has 2 aromatic rings. The van der Waals surface area contributed by atoms with E-state index < -0.39 is 0 Å². The van der Waals surface area contributed by atoms with E-state index in [9.17, 15) is 9.59 Å². The molecule has 3 rings (SSSR count). The monoisotopic (exact) mass is 410 g/mol. The zero-order chi connectivity index (χ0) is 21.3. The van der Waals surface area contributed by atoms with Crippen LogP contribution in [0.2, 0.25) is 0 Å². The molecule has 0 aromatic heterocycles. The number of ether oxygens (including phenoxy) is 1. The number of carbonyl (C=O) groups excluding carboxylic acids is 2.